The first-order chi connectivity index (χ1) is 12.6. The van der Waals surface area contributed by atoms with Gasteiger partial charge in [-0.2, -0.15) is 0 Å². The first kappa shape index (κ1) is 19.1. The zero-order chi connectivity index (χ0) is 18.4. The van der Waals surface area contributed by atoms with Gasteiger partial charge in [-0.25, -0.2) is 0 Å². The number of carbonyl (C=O) groups excluding carboxylic acids is 2. The molecule has 1 saturated heterocycles. The number of rotatable bonds is 7. The molecule has 26 heavy (non-hydrogen) atoms. The largest absolute Gasteiger partial charge is 0.373 e. The highest BCUT2D eigenvalue weighted by atomic mass is 35.5. The van der Waals surface area contributed by atoms with E-state index in [9.17, 15) is 9.59 Å². The summed E-state index contributed by atoms with van der Waals surface area (Å²) < 4.78 is 6.55. The number of likely N-dealkylation sites (tertiary alicyclic amines) is 1. The number of ketones is 1. The molecule has 6 heteroatoms. The first-order valence-electron chi connectivity index (χ1n) is 8.83. The second kappa shape index (κ2) is 9.31. The van der Waals surface area contributed by atoms with Crippen molar-refractivity contribution < 1.29 is 14.3 Å². The Morgan fingerprint density at radius 1 is 1.08 bits per heavy atom. The number of benzene rings is 1. The molecule has 4 nitrogen and oxygen atoms in total. The maximum absolute atomic E-state index is 12.3. The molecule has 1 aliphatic heterocycles. The van der Waals surface area contributed by atoms with Crippen LogP contribution in [0.5, 0.6) is 0 Å². The van der Waals surface area contributed by atoms with Gasteiger partial charge in [-0.15, -0.1) is 11.3 Å². The van der Waals surface area contributed by atoms with Gasteiger partial charge in [0.2, 0.25) is 5.91 Å². The molecule has 1 amide bonds. The molecule has 0 saturated carbocycles. The van der Waals surface area contributed by atoms with Crippen LogP contribution in [0.2, 0.25) is 4.34 Å². The van der Waals surface area contributed by atoms with Crippen molar-refractivity contribution in [3.63, 3.8) is 0 Å². The van der Waals surface area contributed by atoms with E-state index in [-0.39, 0.29) is 30.6 Å². The highest BCUT2D eigenvalue weighted by Gasteiger charge is 2.23. The van der Waals surface area contributed by atoms with Gasteiger partial charge in [-0.1, -0.05) is 41.9 Å². The second-order valence-corrected chi connectivity index (χ2v) is 8.12. The van der Waals surface area contributed by atoms with E-state index in [0.717, 1.165) is 18.4 Å². The van der Waals surface area contributed by atoms with Crippen molar-refractivity contribution in [2.45, 2.75) is 38.4 Å². The van der Waals surface area contributed by atoms with E-state index >= 15 is 0 Å². The molecule has 0 bridgehead atoms. The lowest BCUT2D eigenvalue weighted by molar-refractivity contribution is -0.134. The smallest absolute Gasteiger partial charge is 0.223 e. The van der Waals surface area contributed by atoms with Crippen molar-refractivity contribution in [3.05, 3.63) is 57.2 Å². The Bertz CT molecular complexity index is 739. The standard InChI is InChI=1S/C20H22ClNO3S/c21-19-8-7-18(26-19)17(23)6-9-20(24)22-12-10-16(11-13-22)25-14-15-4-2-1-3-5-15/h1-5,7-8,16H,6,9-14H2. The summed E-state index contributed by atoms with van der Waals surface area (Å²) in [6, 6.07) is 13.5. The van der Waals surface area contributed by atoms with Crippen molar-refractivity contribution in [1.82, 2.24) is 4.90 Å². The lowest BCUT2D eigenvalue weighted by atomic mass is 10.1. The molecule has 0 aliphatic carbocycles. The molecule has 3 rings (SSSR count). The first-order valence-corrected chi connectivity index (χ1v) is 10.0. The van der Waals surface area contributed by atoms with Gasteiger partial charge in [0.25, 0.3) is 0 Å². The fourth-order valence-corrected chi connectivity index (χ4v) is 4.04. The zero-order valence-corrected chi connectivity index (χ0v) is 16.1. The van der Waals surface area contributed by atoms with Crippen molar-refractivity contribution >= 4 is 34.6 Å². The van der Waals surface area contributed by atoms with Crippen LogP contribution in [0.15, 0.2) is 42.5 Å². The number of halogens is 1. The van der Waals surface area contributed by atoms with E-state index in [1.807, 2.05) is 23.1 Å². The average molecular weight is 392 g/mol. The molecule has 0 unspecified atom stereocenters. The van der Waals surface area contributed by atoms with E-state index < -0.39 is 0 Å². The van der Waals surface area contributed by atoms with Gasteiger partial charge in [-0.05, 0) is 30.5 Å². The van der Waals surface area contributed by atoms with Crippen molar-refractivity contribution in [1.29, 1.82) is 0 Å². The summed E-state index contributed by atoms with van der Waals surface area (Å²) in [6.45, 7) is 1.99. The van der Waals surface area contributed by atoms with Gasteiger partial charge < -0.3 is 9.64 Å². The molecule has 1 aromatic heterocycles. The molecule has 0 N–H and O–H groups in total. The summed E-state index contributed by atoms with van der Waals surface area (Å²) in [6.07, 6.45) is 2.36. The van der Waals surface area contributed by atoms with Crippen molar-refractivity contribution in [2.75, 3.05) is 13.1 Å². The molecule has 138 valence electrons. The maximum Gasteiger partial charge on any atom is 0.223 e. The number of nitrogens with zero attached hydrogens (tertiary/aromatic N) is 1. The summed E-state index contributed by atoms with van der Waals surface area (Å²) in [5.41, 5.74) is 1.16. The number of amides is 1. The van der Waals surface area contributed by atoms with Crippen LogP contribution in [-0.4, -0.2) is 35.8 Å². The van der Waals surface area contributed by atoms with Crippen LogP contribution in [0, 0.1) is 0 Å². The summed E-state index contributed by atoms with van der Waals surface area (Å²) >= 11 is 7.11. The van der Waals surface area contributed by atoms with Gasteiger partial charge >= 0.3 is 0 Å². The lowest BCUT2D eigenvalue weighted by Gasteiger charge is -2.32. The van der Waals surface area contributed by atoms with Crippen LogP contribution in [0.1, 0.15) is 40.9 Å². The minimum Gasteiger partial charge on any atom is -0.373 e. The summed E-state index contributed by atoms with van der Waals surface area (Å²) in [5, 5.41) is 0. The summed E-state index contributed by atoms with van der Waals surface area (Å²) in [7, 11) is 0. The molecular formula is C20H22ClNO3S. The van der Waals surface area contributed by atoms with Crippen LogP contribution >= 0.6 is 22.9 Å². The molecule has 2 aromatic rings. The van der Waals surface area contributed by atoms with E-state index in [2.05, 4.69) is 12.1 Å². The number of ether oxygens (including phenoxy) is 1. The number of piperidine rings is 1. The van der Waals surface area contributed by atoms with Crippen molar-refractivity contribution in [2.24, 2.45) is 0 Å². The number of carbonyl (C=O) groups is 2. The predicted molar refractivity (Wildman–Crippen MR) is 104 cm³/mol. The molecule has 0 spiro atoms. The van der Waals surface area contributed by atoms with Crippen LogP contribution < -0.4 is 0 Å². The molecule has 1 aromatic carbocycles. The highest BCUT2D eigenvalue weighted by molar-refractivity contribution is 7.18. The molecule has 1 aliphatic rings. The number of thiophene rings is 1. The minimum atomic E-state index is -0.0173. The van der Waals surface area contributed by atoms with Crippen LogP contribution in [-0.2, 0) is 16.1 Å². The average Bonchev–Trinajstić information content (AvgIpc) is 3.12. The summed E-state index contributed by atoms with van der Waals surface area (Å²) in [4.78, 5) is 26.9. The van der Waals surface area contributed by atoms with Gasteiger partial charge in [-0.3, -0.25) is 9.59 Å². The van der Waals surface area contributed by atoms with E-state index in [0.29, 0.717) is 28.9 Å². The fraction of sp³-hybridized carbons (Fsp3) is 0.400. The van der Waals surface area contributed by atoms with E-state index in [1.54, 1.807) is 12.1 Å². The SMILES string of the molecule is O=C(CCC(=O)N1CCC(OCc2ccccc2)CC1)c1ccc(Cl)s1. The maximum atomic E-state index is 12.3. The Morgan fingerprint density at radius 2 is 1.81 bits per heavy atom. The predicted octanol–water partition coefficient (Wildman–Crippen LogP) is 4.57. The van der Waals surface area contributed by atoms with Crippen LogP contribution in [0.25, 0.3) is 0 Å². The third-order valence-electron chi connectivity index (χ3n) is 4.54. The molecule has 2 heterocycles. The van der Waals surface area contributed by atoms with Gasteiger partial charge in [0.05, 0.1) is 21.9 Å². The summed E-state index contributed by atoms with van der Waals surface area (Å²) in [5.74, 6) is 0.0267. The van der Waals surface area contributed by atoms with Crippen LogP contribution in [0.3, 0.4) is 0 Å². The Balaban J connectivity index is 1.37. The topological polar surface area (TPSA) is 46.6 Å². The fourth-order valence-electron chi connectivity index (χ4n) is 3.03. The zero-order valence-electron chi connectivity index (χ0n) is 14.5. The second-order valence-electron chi connectivity index (χ2n) is 6.40. The third-order valence-corrected chi connectivity index (χ3v) is 5.81. The normalized spacial score (nSPS) is 15.2. The molecule has 1 fully saturated rings. The minimum absolute atomic E-state index is 0.0173. The molecular weight excluding hydrogens is 370 g/mol. The van der Waals surface area contributed by atoms with Crippen LogP contribution in [0.4, 0.5) is 0 Å². The van der Waals surface area contributed by atoms with E-state index in [4.69, 9.17) is 16.3 Å². The Labute approximate surface area is 162 Å². The third kappa shape index (κ3) is 5.40. The quantitative estimate of drug-likeness (QED) is 0.649. The van der Waals surface area contributed by atoms with Crippen molar-refractivity contribution in [3.8, 4) is 0 Å². The van der Waals surface area contributed by atoms with Gasteiger partial charge in [0, 0.05) is 25.9 Å². The van der Waals surface area contributed by atoms with E-state index in [1.165, 1.54) is 11.3 Å². The lowest BCUT2D eigenvalue weighted by Crippen LogP contribution is -2.40. The number of hydrogen-bond acceptors (Lipinski definition) is 4. The van der Waals surface area contributed by atoms with Gasteiger partial charge in [0.1, 0.15) is 0 Å². The highest BCUT2D eigenvalue weighted by Crippen LogP contribution is 2.23. The Hall–Kier alpha value is -1.69. The Kier molecular flexibility index (Phi) is 6.83. The Morgan fingerprint density at radius 3 is 2.46 bits per heavy atom. The number of Topliss-reactive ketones (excluding diaryl/α,β-unsaturated/α-hetero) is 1. The van der Waals surface area contributed by atoms with Gasteiger partial charge in [0.15, 0.2) is 5.78 Å². The monoisotopic (exact) mass is 391 g/mol. The molecule has 0 atom stereocenters. The molecule has 0 radical (unpaired) electrons. The number of hydrogen-bond donors (Lipinski definition) is 0.